The second-order valence-corrected chi connectivity index (χ2v) is 9.14. The van der Waals surface area contributed by atoms with Crippen LogP contribution in [0.1, 0.15) is 57.3 Å². The number of aromatic amines is 1. The topological polar surface area (TPSA) is 83.6 Å². The van der Waals surface area contributed by atoms with Gasteiger partial charge in [-0.05, 0) is 70.2 Å². The Balaban J connectivity index is 0.000000214. The first-order valence-corrected chi connectivity index (χ1v) is 12.8. The number of H-pyrrole nitrogens is 1. The Morgan fingerprint density at radius 2 is 1.95 bits per heavy atom. The molecular formula is C29H39F2N5O. The van der Waals surface area contributed by atoms with Crippen molar-refractivity contribution in [2.45, 2.75) is 58.8 Å². The number of aldehydes is 1. The molecular weight excluding hydrogens is 472 g/mol. The monoisotopic (exact) mass is 511 g/mol. The average molecular weight is 512 g/mol. The molecule has 1 aliphatic heterocycles. The van der Waals surface area contributed by atoms with Gasteiger partial charge in [-0.2, -0.15) is 0 Å². The number of halogens is 2. The van der Waals surface area contributed by atoms with Crippen molar-refractivity contribution in [2.24, 2.45) is 11.8 Å². The Hall–Kier alpha value is -3.26. The molecule has 0 saturated carbocycles. The second-order valence-electron chi connectivity index (χ2n) is 9.14. The lowest BCUT2D eigenvalue weighted by molar-refractivity contribution is -0.108. The normalized spacial score (nSPS) is 17.1. The highest BCUT2D eigenvalue weighted by Crippen LogP contribution is 2.17. The van der Waals surface area contributed by atoms with Crippen LogP contribution in [0.15, 0.2) is 49.6 Å². The number of rotatable bonds is 8. The largest absolute Gasteiger partial charge is 0.342 e. The van der Waals surface area contributed by atoms with E-state index in [1.54, 1.807) is 18.2 Å². The Bertz CT molecular complexity index is 1130. The Morgan fingerprint density at radius 1 is 1.24 bits per heavy atom. The summed E-state index contributed by atoms with van der Waals surface area (Å²) in [5.41, 5.74) is 3.24. The van der Waals surface area contributed by atoms with Crippen molar-refractivity contribution >= 4 is 24.0 Å². The first kappa shape index (κ1) is 30.0. The first-order chi connectivity index (χ1) is 17.9. The number of carbonyl (C=O) groups excluding carboxylic acids is 1. The first-order valence-electron chi connectivity index (χ1n) is 12.8. The van der Waals surface area contributed by atoms with E-state index < -0.39 is 12.3 Å². The van der Waals surface area contributed by atoms with E-state index in [1.165, 1.54) is 24.7 Å². The molecule has 1 atom stereocenters. The maximum atomic E-state index is 12.6. The third-order valence-electron chi connectivity index (χ3n) is 6.41. The summed E-state index contributed by atoms with van der Waals surface area (Å²) >= 11 is 0. The molecule has 8 heteroatoms. The van der Waals surface area contributed by atoms with Gasteiger partial charge < -0.3 is 15.1 Å². The number of nitrogens with zero attached hydrogens (tertiary/aromatic N) is 3. The molecule has 0 spiro atoms. The number of carbonyl (C=O) groups is 1. The van der Waals surface area contributed by atoms with Crippen LogP contribution in [0, 0.1) is 11.8 Å². The third-order valence-corrected chi connectivity index (χ3v) is 6.41. The van der Waals surface area contributed by atoms with Crippen molar-refractivity contribution in [3.63, 3.8) is 0 Å². The second kappa shape index (κ2) is 16.5. The summed E-state index contributed by atoms with van der Waals surface area (Å²) in [6, 6.07) is 0. The van der Waals surface area contributed by atoms with Crippen LogP contribution in [0.25, 0.3) is 17.7 Å². The molecule has 2 aromatic heterocycles. The summed E-state index contributed by atoms with van der Waals surface area (Å²) in [4.78, 5) is 25.3. The van der Waals surface area contributed by atoms with E-state index in [9.17, 15) is 13.6 Å². The van der Waals surface area contributed by atoms with Crippen LogP contribution in [-0.4, -0.2) is 45.7 Å². The zero-order valence-corrected chi connectivity index (χ0v) is 21.9. The molecule has 6 nitrogen and oxygen atoms in total. The molecule has 37 heavy (non-hydrogen) atoms. The summed E-state index contributed by atoms with van der Waals surface area (Å²) in [5.74, 6) is 0.781. The Kier molecular flexibility index (Phi) is 13.3. The zero-order valence-electron chi connectivity index (χ0n) is 21.9. The van der Waals surface area contributed by atoms with Gasteiger partial charge >= 0.3 is 0 Å². The van der Waals surface area contributed by atoms with Crippen LogP contribution < -0.4 is 16.0 Å². The zero-order chi connectivity index (χ0) is 27.0. The fraction of sp³-hybridized carbons (Fsp3) is 0.448. The quantitative estimate of drug-likeness (QED) is 0.405. The van der Waals surface area contributed by atoms with Gasteiger partial charge in [-0.1, -0.05) is 37.0 Å². The highest BCUT2D eigenvalue weighted by Gasteiger charge is 2.19. The number of aromatic nitrogens is 4. The molecule has 2 N–H and O–H groups in total. The Morgan fingerprint density at radius 3 is 2.54 bits per heavy atom. The van der Waals surface area contributed by atoms with E-state index in [4.69, 9.17) is 0 Å². The maximum Gasteiger partial charge on any atom is 0.245 e. The van der Waals surface area contributed by atoms with Crippen LogP contribution in [0.3, 0.4) is 0 Å². The number of nitrogens with one attached hydrogen (secondary N) is 2. The molecule has 3 heterocycles. The van der Waals surface area contributed by atoms with E-state index in [0.717, 1.165) is 60.9 Å². The van der Waals surface area contributed by atoms with Gasteiger partial charge in [0.1, 0.15) is 18.4 Å². The summed E-state index contributed by atoms with van der Waals surface area (Å²) in [5, 5.41) is 4.75. The highest BCUT2D eigenvalue weighted by molar-refractivity contribution is 5.61. The van der Waals surface area contributed by atoms with Gasteiger partial charge in [-0.15, -0.1) is 0 Å². The Labute approximate surface area is 218 Å². The third kappa shape index (κ3) is 10.7. The van der Waals surface area contributed by atoms with Crippen molar-refractivity contribution in [3.05, 3.63) is 71.7 Å². The van der Waals surface area contributed by atoms with Crippen LogP contribution >= 0.6 is 0 Å². The molecule has 0 radical (unpaired) electrons. The van der Waals surface area contributed by atoms with E-state index in [2.05, 4.69) is 38.4 Å². The van der Waals surface area contributed by atoms with Gasteiger partial charge in [0.2, 0.25) is 6.43 Å². The van der Waals surface area contributed by atoms with Crippen molar-refractivity contribution < 1.29 is 13.6 Å². The fourth-order valence-corrected chi connectivity index (χ4v) is 3.86. The van der Waals surface area contributed by atoms with Gasteiger partial charge in [-0.3, -0.25) is 0 Å². The molecule has 1 unspecified atom stereocenters. The highest BCUT2D eigenvalue weighted by atomic mass is 19.3. The van der Waals surface area contributed by atoms with Gasteiger partial charge in [0, 0.05) is 36.7 Å². The minimum absolute atomic E-state index is 0.355. The summed E-state index contributed by atoms with van der Waals surface area (Å²) in [6.07, 6.45) is 16.0. The smallest absolute Gasteiger partial charge is 0.245 e. The van der Waals surface area contributed by atoms with Gasteiger partial charge in [0.25, 0.3) is 0 Å². The lowest BCUT2D eigenvalue weighted by atomic mass is 9.96. The minimum atomic E-state index is -2.32. The molecule has 1 saturated heterocycles. The molecule has 0 amide bonds. The van der Waals surface area contributed by atoms with Gasteiger partial charge in [-0.25, -0.2) is 23.7 Å². The molecule has 2 aromatic rings. The van der Waals surface area contributed by atoms with Crippen molar-refractivity contribution in [1.29, 1.82) is 0 Å². The summed E-state index contributed by atoms with van der Waals surface area (Å²) < 4.78 is 25.2. The van der Waals surface area contributed by atoms with E-state index >= 15 is 0 Å². The lowest BCUT2D eigenvalue weighted by Crippen LogP contribution is -2.30. The SMILES string of the molecule is C/C=C(\C)c1cncnc1.C=CC(=C)CCc1nc2c([nH]1)=CC(C(F)F)CC=2.O=CCC1CCNCC1. The summed E-state index contributed by atoms with van der Waals surface area (Å²) in [6.45, 7) is 13.7. The predicted molar refractivity (Wildman–Crippen MR) is 146 cm³/mol. The van der Waals surface area contributed by atoms with Gasteiger partial charge in [0.15, 0.2) is 0 Å². The molecule has 1 fully saturated rings. The van der Waals surface area contributed by atoms with Crippen LogP contribution in [0.5, 0.6) is 0 Å². The van der Waals surface area contributed by atoms with Crippen molar-refractivity contribution in [2.75, 3.05) is 13.1 Å². The van der Waals surface area contributed by atoms with Crippen LogP contribution in [0.4, 0.5) is 8.78 Å². The number of alkyl halides is 2. The minimum Gasteiger partial charge on any atom is -0.342 e. The number of imidazole rings is 1. The van der Waals surface area contributed by atoms with Crippen molar-refractivity contribution in [1.82, 2.24) is 25.3 Å². The molecule has 200 valence electrons. The van der Waals surface area contributed by atoms with Crippen LogP contribution in [0.2, 0.25) is 0 Å². The number of hydrogen-bond donors (Lipinski definition) is 2. The number of fused-ring (bicyclic) bond motifs is 1. The maximum absolute atomic E-state index is 12.6. The summed E-state index contributed by atoms with van der Waals surface area (Å²) in [7, 11) is 0. The molecule has 1 aliphatic carbocycles. The molecule has 0 aromatic carbocycles. The van der Waals surface area contributed by atoms with Crippen LogP contribution in [-0.2, 0) is 11.2 Å². The number of allylic oxidation sites excluding steroid dienone is 4. The van der Waals surface area contributed by atoms with E-state index in [0.29, 0.717) is 17.7 Å². The molecule has 2 aliphatic rings. The number of piperidine rings is 1. The molecule has 4 rings (SSSR count). The van der Waals surface area contributed by atoms with Crippen molar-refractivity contribution in [3.8, 4) is 0 Å². The van der Waals surface area contributed by atoms with E-state index in [-0.39, 0.29) is 0 Å². The average Bonchev–Trinajstić information content (AvgIpc) is 3.35. The standard InChI is InChI=1S/C14H16F2N2.C8H10N2.C7H13NO/c1-3-9(2)4-7-13-17-11-6-5-10(14(15)16)8-12(11)18-13;1-3-7(2)8-4-9-6-10-5-8;9-6-3-7-1-4-8-5-2-7/h3,6,8,10,14H,1-2,4-5,7H2,(H,17,18);3-6H,1-2H3;6-8H,1-5H2/b;7-3+;. The lowest BCUT2D eigenvalue weighted by Gasteiger charge is -2.19. The molecule has 0 bridgehead atoms. The number of hydrogen-bond acceptors (Lipinski definition) is 5. The number of aryl methyl sites for hydroxylation is 1. The fourth-order valence-electron chi connectivity index (χ4n) is 3.86. The van der Waals surface area contributed by atoms with E-state index in [1.807, 2.05) is 32.3 Å². The van der Waals surface area contributed by atoms with Gasteiger partial charge in [0.05, 0.1) is 10.7 Å². The predicted octanol–water partition coefficient (Wildman–Crippen LogP) is 4.41.